The monoisotopic (exact) mass is 391 g/mol. The zero-order valence-electron chi connectivity index (χ0n) is 16.8. The number of hydrogen-bond donors (Lipinski definition) is 0. The van der Waals surface area contributed by atoms with Gasteiger partial charge in [0.15, 0.2) is 0 Å². The molecule has 1 aromatic heterocycles. The van der Waals surface area contributed by atoms with Crippen LogP contribution < -0.4 is 4.74 Å². The first-order valence-corrected chi connectivity index (χ1v) is 10.1. The number of aromatic nitrogens is 2. The van der Waals surface area contributed by atoms with Crippen LogP contribution in [0.2, 0.25) is 0 Å². The van der Waals surface area contributed by atoms with Crippen LogP contribution >= 0.6 is 0 Å². The maximum Gasteiger partial charge on any atom is 0.253 e. The predicted octanol–water partition coefficient (Wildman–Crippen LogP) is 4.46. The van der Waals surface area contributed by atoms with E-state index in [1.165, 1.54) is 5.56 Å². The molecular formula is C23H25N3O3. The SMILES string of the molecule is CCOc1ccc(C(=O)N2CCC[C@H](c3nc(-c4ccc(C)cc4)no3)C2)cc1. The lowest BCUT2D eigenvalue weighted by atomic mass is 9.97. The van der Waals surface area contributed by atoms with Crippen LogP contribution in [0.4, 0.5) is 0 Å². The summed E-state index contributed by atoms with van der Waals surface area (Å²) in [5.41, 5.74) is 2.79. The maximum absolute atomic E-state index is 12.9. The maximum atomic E-state index is 12.9. The Hall–Kier alpha value is -3.15. The molecule has 0 N–H and O–H groups in total. The van der Waals surface area contributed by atoms with E-state index >= 15 is 0 Å². The molecule has 1 aliphatic heterocycles. The van der Waals surface area contributed by atoms with Gasteiger partial charge in [-0.05, 0) is 51.0 Å². The van der Waals surface area contributed by atoms with E-state index in [9.17, 15) is 4.79 Å². The minimum atomic E-state index is 0.0241. The van der Waals surface area contributed by atoms with Gasteiger partial charge in [-0.2, -0.15) is 4.98 Å². The van der Waals surface area contributed by atoms with Gasteiger partial charge in [-0.1, -0.05) is 35.0 Å². The lowest BCUT2D eigenvalue weighted by molar-refractivity contribution is 0.0695. The first kappa shape index (κ1) is 19.2. The van der Waals surface area contributed by atoms with E-state index in [4.69, 9.17) is 9.26 Å². The Morgan fingerprint density at radius 3 is 2.66 bits per heavy atom. The zero-order valence-corrected chi connectivity index (χ0v) is 16.8. The Morgan fingerprint density at radius 2 is 1.93 bits per heavy atom. The average Bonchev–Trinajstić information content (AvgIpc) is 3.25. The van der Waals surface area contributed by atoms with Crippen molar-refractivity contribution in [1.82, 2.24) is 15.0 Å². The van der Waals surface area contributed by atoms with Crippen molar-refractivity contribution < 1.29 is 14.1 Å². The summed E-state index contributed by atoms with van der Waals surface area (Å²) >= 11 is 0. The van der Waals surface area contributed by atoms with Gasteiger partial charge in [0.25, 0.3) is 5.91 Å². The first-order chi connectivity index (χ1) is 14.1. The number of carbonyl (C=O) groups excluding carboxylic acids is 1. The summed E-state index contributed by atoms with van der Waals surface area (Å²) in [5.74, 6) is 2.05. The molecule has 0 radical (unpaired) electrons. The predicted molar refractivity (Wildman–Crippen MR) is 110 cm³/mol. The van der Waals surface area contributed by atoms with Gasteiger partial charge in [0.05, 0.1) is 12.5 Å². The largest absolute Gasteiger partial charge is 0.494 e. The van der Waals surface area contributed by atoms with Gasteiger partial charge < -0.3 is 14.2 Å². The highest BCUT2D eigenvalue weighted by molar-refractivity contribution is 5.94. The minimum Gasteiger partial charge on any atom is -0.494 e. The molecule has 1 saturated heterocycles. The molecule has 2 aromatic carbocycles. The summed E-state index contributed by atoms with van der Waals surface area (Å²) in [4.78, 5) is 19.4. The second-order valence-corrected chi connectivity index (χ2v) is 7.37. The van der Waals surface area contributed by atoms with E-state index in [0.29, 0.717) is 30.4 Å². The fraction of sp³-hybridized carbons (Fsp3) is 0.348. The van der Waals surface area contributed by atoms with E-state index in [-0.39, 0.29) is 11.8 Å². The first-order valence-electron chi connectivity index (χ1n) is 10.1. The van der Waals surface area contributed by atoms with Crippen LogP contribution in [0.3, 0.4) is 0 Å². The quantitative estimate of drug-likeness (QED) is 0.642. The Morgan fingerprint density at radius 1 is 1.17 bits per heavy atom. The summed E-state index contributed by atoms with van der Waals surface area (Å²) in [5, 5.41) is 4.14. The lowest BCUT2D eigenvalue weighted by Crippen LogP contribution is -2.39. The summed E-state index contributed by atoms with van der Waals surface area (Å²) in [6, 6.07) is 15.4. The standard InChI is InChI=1S/C23H25N3O3/c1-3-28-20-12-10-18(11-13-20)23(27)26-14-4-5-19(15-26)22-24-21(25-29-22)17-8-6-16(2)7-9-17/h6-13,19H,3-5,14-15H2,1-2H3/t19-/m0/s1. The molecule has 1 amide bonds. The molecule has 1 aliphatic rings. The highest BCUT2D eigenvalue weighted by atomic mass is 16.5. The number of hydrogen-bond acceptors (Lipinski definition) is 5. The van der Waals surface area contributed by atoms with Crippen LogP contribution in [-0.4, -0.2) is 40.6 Å². The molecule has 0 spiro atoms. The fourth-order valence-corrected chi connectivity index (χ4v) is 3.63. The number of benzene rings is 2. The number of nitrogens with zero attached hydrogens (tertiary/aromatic N) is 3. The van der Waals surface area contributed by atoms with Gasteiger partial charge in [-0.25, -0.2) is 0 Å². The molecule has 29 heavy (non-hydrogen) atoms. The van der Waals surface area contributed by atoms with Crippen molar-refractivity contribution >= 4 is 5.91 Å². The smallest absolute Gasteiger partial charge is 0.253 e. The number of carbonyl (C=O) groups is 1. The van der Waals surface area contributed by atoms with Crippen molar-refractivity contribution in [2.75, 3.05) is 19.7 Å². The summed E-state index contributed by atoms with van der Waals surface area (Å²) in [6.45, 7) is 5.91. The van der Waals surface area contributed by atoms with Gasteiger partial charge in [0, 0.05) is 24.2 Å². The van der Waals surface area contributed by atoms with E-state index in [0.717, 1.165) is 30.7 Å². The summed E-state index contributed by atoms with van der Waals surface area (Å²) < 4.78 is 11.0. The van der Waals surface area contributed by atoms with Crippen LogP contribution in [0.5, 0.6) is 5.75 Å². The highest BCUT2D eigenvalue weighted by Crippen LogP contribution is 2.28. The average molecular weight is 391 g/mol. The van der Waals surface area contributed by atoms with Crippen LogP contribution in [-0.2, 0) is 0 Å². The Labute approximate surface area is 170 Å². The molecule has 0 unspecified atom stereocenters. The van der Waals surface area contributed by atoms with Crippen molar-refractivity contribution in [3.8, 4) is 17.1 Å². The molecule has 6 nitrogen and oxygen atoms in total. The molecule has 150 valence electrons. The summed E-state index contributed by atoms with van der Waals surface area (Å²) in [7, 11) is 0. The number of likely N-dealkylation sites (tertiary alicyclic amines) is 1. The van der Waals surface area contributed by atoms with Crippen molar-refractivity contribution in [3.05, 3.63) is 65.5 Å². The molecule has 0 saturated carbocycles. The molecule has 6 heteroatoms. The van der Waals surface area contributed by atoms with E-state index < -0.39 is 0 Å². The van der Waals surface area contributed by atoms with Gasteiger partial charge in [0.2, 0.25) is 11.7 Å². The van der Waals surface area contributed by atoms with Crippen LogP contribution in [0.25, 0.3) is 11.4 Å². The number of ether oxygens (including phenoxy) is 1. The Kier molecular flexibility index (Phi) is 5.60. The van der Waals surface area contributed by atoms with Gasteiger partial charge >= 0.3 is 0 Å². The van der Waals surface area contributed by atoms with Crippen molar-refractivity contribution in [1.29, 1.82) is 0 Å². The second kappa shape index (κ2) is 8.47. The van der Waals surface area contributed by atoms with Gasteiger partial charge in [-0.15, -0.1) is 0 Å². The normalized spacial score (nSPS) is 16.6. The third kappa shape index (κ3) is 4.31. The molecule has 1 atom stereocenters. The van der Waals surface area contributed by atoms with Gasteiger partial charge in [-0.3, -0.25) is 4.79 Å². The number of rotatable bonds is 5. The van der Waals surface area contributed by atoms with E-state index in [1.54, 1.807) is 0 Å². The molecule has 2 heterocycles. The van der Waals surface area contributed by atoms with Crippen molar-refractivity contribution in [2.45, 2.75) is 32.6 Å². The Balaban J connectivity index is 1.45. The van der Waals surface area contributed by atoms with Crippen LogP contribution in [0.15, 0.2) is 53.1 Å². The molecule has 0 aliphatic carbocycles. The highest BCUT2D eigenvalue weighted by Gasteiger charge is 2.29. The summed E-state index contributed by atoms with van der Waals surface area (Å²) in [6.07, 6.45) is 1.85. The molecular weight excluding hydrogens is 366 g/mol. The van der Waals surface area contributed by atoms with Gasteiger partial charge in [0.1, 0.15) is 5.75 Å². The number of aryl methyl sites for hydroxylation is 1. The minimum absolute atomic E-state index is 0.0241. The molecule has 4 rings (SSSR count). The molecule has 0 bridgehead atoms. The Bertz CT molecular complexity index is 964. The van der Waals surface area contributed by atoms with Crippen LogP contribution in [0.1, 0.15) is 47.5 Å². The molecule has 3 aromatic rings. The number of piperidine rings is 1. The second-order valence-electron chi connectivity index (χ2n) is 7.37. The third-order valence-electron chi connectivity index (χ3n) is 5.22. The molecule has 1 fully saturated rings. The van der Waals surface area contributed by atoms with Crippen LogP contribution in [0, 0.1) is 6.92 Å². The third-order valence-corrected chi connectivity index (χ3v) is 5.22. The van der Waals surface area contributed by atoms with Crippen molar-refractivity contribution in [2.24, 2.45) is 0 Å². The fourth-order valence-electron chi connectivity index (χ4n) is 3.63. The number of amides is 1. The topological polar surface area (TPSA) is 68.5 Å². The van der Waals surface area contributed by atoms with E-state index in [2.05, 4.69) is 10.1 Å². The zero-order chi connectivity index (χ0) is 20.2. The lowest BCUT2D eigenvalue weighted by Gasteiger charge is -2.31. The van der Waals surface area contributed by atoms with E-state index in [1.807, 2.05) is 67.3 Å². The van der Waals surface area contributed by atoms with Crippen molar-refractivity contribution in [3.63, 3.8) is 0 Å².